The van der Waals surface area contributed by atoms with Crippen LogP contribution >= 0.6 is 15.9 Å². The quantitative estimate of drug-likeness (QED) is 0.776. The molecule has 1 aliphatic rings. The molecule has 1 aromatic rings. The van der Waals surface area contributed by atoms with Gasteiger partial charge in [-0.15, -0.1) is 0 Å². The third-order valence-electron chi connectivity index (χ3n) is 2.04. The minimum atomic E-state index is 0.415. The Morgan fingerprint density at radius 2 is 2.25 bits per heavy atom. The zero-order valence-electron chi connectivity index (χ0n) is 6.66. The van der Waals surface area contributed by atoms with Crippen LogP contribution in [0.15, 0.2) is 22.8 Å². The molecule has 2 nitrogen and oxygen atoms in total. The van der Waals surface area contributed by atoms with Gasteiger partial charge < -0.3 is 4.74 Å². The topological polar surface area (TPSA) is 22.1 Å². The maximum Gasteiger partial charge on any atom is 0.213 e. The van der Waals surface area contributed by atoms with E-state index in [0.29, 0.717) is 6.10 Å². The van der Waals surface area contributed by atoms with Crippen LogP contribution in [0.4, 0.5) is 0 Å². The van der Waals surface area contributed by atoms with Crippen LogP contribution in [0, 0.1) is 0 Å². The van der Waals surface area contributed by atoms with Crippen molar-refractivity contribution in [2.75, 3.05) is 0 Å². The summed E-state index contributed by atoms with van der Waals surface area (Å²) in [6, 6.07) is 3.84. The minimum absolute atomic E-state index is 0.415. The van der Waals surface area contributed by atoms with Crippen LogP contribution in [0.5, 0.6) is 5.88 Å². The van der Waals surface area contributed by atoms with Crippen molar-refractivity contribution in [2.45, 2.75) is 25.4 Å². The molecule has 1 heterocycles. The molecule has 0 saturated heterocycles. The summed E-state index contributed by atoms with van der Waals surface area (Å²) < 4.78 is 6.56. The van der Waals surface area contributed by atoms with Crippen LogP contribution in [0.1, 0.15) is 19.3 Å². The average Bonchev–Trinajstić information content (AvgIpc) is 2.00. The standard InChI is InChI=1S/C9H10BrNO/c10-7-4-5-9(11-6-7)12-8-2-1-3-8/h4-6,8H,1-3H2. The largest absolute Gasteiger partial charge is 0.474 e. The molecule has 0 radical (unpaired) electrons. The first-order valence-corrected chi connectivity index (χ1v) is 4.92. The lowest BCUT2D eigenvalue weighted by Gasteiger charge is -2.25. The number of hydrogen-bond donors (Lipinski definition) is 0. The molecular weight excluding hydrogens is 218 g/mol. The second-order valence-electron chi connectivity index (χ2n) is 2.99. The Kier molecular flexibility index (Phi) is 2.30. The van der Waals surface area contributed by atoms with E-state index in [1.165, 1.54) is 19.3 Å². The van der Waals surface area contributed by atoms with Gasteiger partial charge in [-0.2, -0.15) is 0 Å². The molecule has 12 heavy (non-hydrogen) atoms. The second kappa shape index (κ2) is 3.44. The molecule has 1 saturated carbocycles. The van der Waals surface area contributed by atoms with Gasteiger partial charge in [-0.05, 0) is 41.3 Å². The van der Waals surface area contributed by atoms with Crippen LogP contribution < -0.4 is 4.74 Å². The Balaban J connectivity index is 1.98. The van der Waals surface area contributed by atoms with E-state index in [1.54, 1.807) is 6.20 Å². The van der Waals surface area contributed by atoms with Gasteiger partial charge in [0.2, 0.25) is 5.88 Å². The van der Waals surface area contributed by atoms with E-state index in [0.717, 1.165) is 10.4 Å². The van der Waals surface area contributed by atoms with Crippen LogP contribution in [0.2, 0.25) is 0 Å². The zero-order valence-corrected chi connectivity index (χ0v) is 8.25. The fourth-order valence-corrected chi connectivity index (χ4v) is 1.33. The molecule has 3 heteroatoms. The molecule has 64 valence electrons. The van der Waals surface area contributed by atoms with Gasteiger partial charge in [-0.1, -0.05) is 0 Å². The highest BCUT2D eigenvalue weighted by molar-refractivity contribution is 9.10. The van der Waals surface area contributed by atoms with Gasteiger partial charge in [0.05, 0.1) is 0 Å². The Morgan fingerprint density at radius 1 is 1.42 bits per heavy atom. The predicted molar refractivity (Wildman–Crippen MR) is 50.2 cm³/mol. The molecule has 1 aromatic heterocycles. The first-order valence-electron chi connectivity index (χ1n) is 4.13. The first-order chi connectivity index (χ1) is 5.84. The molecule has 0 aromatic carbocycles. The SMILES string of the molecule is Brc1ccc(OC2CCC2)nc1. The summed E-state index contributed by atoms with van der Waals surface area (Å²) in [5, 5.41) is 0. The molecule has 0 amide bonds. The summed E-state index contributed by atoms with van der Waals surface area (Å²) in [7, 11) is 0. The van der Waals surface area contributed by atoms with Gasteiger partial charge in [-0.3, -0.25) is 0 Å². The van der Waals surface area contributed by atoms with Crippen molar-refractivity contribution in [2.24, 2.45) is 0 Å². The summed E-state index contributed by atoms with van der Waals surface area (Å²) >= 11 is 3.32. The Morgan fingerprint density at radius 3 is 2.75 bits per heavy atom. The van der Waals surface area contributed by atoms with Gasteiger partial charge in [0.25, 0.3) is 0 Å². The maximum atomic E-state index is 5.57. The molecule has 0 bridgehead atoms. The Hall–Kier alpha value is -0.570. The van der Waals surface area contributed by atoms with Crippen molar-refractivity contribution in [3.8, 4) is 5.88 Å². The monoisotopic (exact) mass is 227 g/mol. The molecule has 0 unspecified atom stereocenters. The van der Waals surface area contributed by atoms with Crippen LogP contribution in [0.3, 0.4) is 0 Å². The van der Waals surface area contributed by atoms with Crippen molar-refractivity contribution < 1.29 is 4.74 Å². The lowest BCUT2D eigenvalue weighted by atomic mass is 9.96. The highest BCUT2D eigenvalue weighted by atomic mass is 79.9. The van der Waals surface area contributed by atoms with E-state index < -0.39 is 0 Å². The molecule has 0 aliphatic heterocycles. The van der Waals surface area contributed by atoms with Crippen LogP contribution in [-0.4, -0.2) is 11.1 Å². The smallest absolute Gasteiger partial charge is 0.213 e. The number of hydrogen-bond acceptors (Lipinski definition) is 2. The predicted octanol–water partition coefficient (Wildman–Crippen LogP) is 2.78. The van der Waals surface area contributed by atoms with Crippen LogP contribution in [0.25, 0.3) is 0 Å². The van der Waals surface area contributed by atoms with E-state index in [-0.39, 0.29) is 0 Å². The highest BCUT2D eigenvalue weighted by Crippen LogP contribution is 2.24. The summed E-state index contributed by atoms with van der Waals surface area (Å²) in [4.78, 5) is 4.13. The summed E-state index contributed by atoms with van der Waals surface area (Å²) in [5.41, 5.74) is 0. The molecule has 1 aliphatic carbocycles. The normalized spacial score (nSPS) is 17.1. The Labute approximate surface area is 80.1 Å². The first kappa shape index (κ1) is 8.05. The number of nitrogens with zero attached hydrogens (tertiary/aromatic N) is 1. The number of rotatable bonds is 2. The summed E-state index contributed by atoms with van der Waals surface area (Å²) in [6.45, 7) is 0. The molecule has 0 N–H and O–H groups in total. The minimum Gasteiger partial charge on any atom is -0.474 e. The molecular formula is C9H10BrNO. The average molecular weight is 228 g/mol. The fraction of sp³-hybridized carbons (Fsp3) is 0.444. The van der Waals surface area contributed by atoms with Crippen molar-refractivity contribution in [3.63, 3.8) is 0 Å². The third kappa shape index (κ3) is 1.78. The molecule has 0 atom stereocenters. The van der Waals surface area contributed by atoms with Gasteiger partial charge >= 0.3 is 0 Å². The number of aromatic nitrogens is 1. The second-order valence-corrected chi connectivity index (χ2v) is 3.90. The summed E-state index contributed by atoms with van der Waals surface area (Å²) in [6.07, 6.45) is 5.82. The fourth-order valence-electron chi connectivity index (χ4n) is 1.09. The van der Waals surface area contributed by atoms with Gasteiger partial charge in [0.15, 0.2) is 0 Å². The molecule has 1 fully saturated rings. The van der Waals surface area contributed by atoms with Crippen molar-refractivity contribution >= 4 is 15.9 Å². The Bertz CT molecular complexity index is 256. The summed E-state index contributed by atoms with van der Waals surface area (Å²) in [5.74, 6) is 0.739. The van der Waals surface area contributed by atoms with E-state index in [4.69, 9.17) is 4.74 Å². The van der Waals surface area contributed by atoms with Crippen molar-refractivity contribution in [3.05, 3.63) is 22.8 Å². The molecule has 2 rings (SSSR count). The van der Waals surface area contributed by atoms with E-state index >= 15 is 0 Å². The molecule has 0 spiro atoms. The van der Waals surface area contributed by atoms with Gasteiger partial charge in [0, 0.05) is 16.7 Å². The van der Waals surface area contributed by atoms with Crippen LogP contribution in [-0.2, 0) is 0 Å². The maximum absolute atomic E-state index is 5.57. The lowest BCUT2D eigenvalue weighted by molar-refractivity contribution is 0.114. The van der Waals surface area contributed by atoms with Crippen molar-refractivity contribution in [1.82, 2.24) is 4.98 Å². The highest BCUT2D eigenvalue weighted by Gasteiger charge is 2.19. The van der Waals surface area contributed by atoms with E-state index in [1.807, 2.05) is 12.1 Å². The van der Waals surface area contributed by atoms with E-state index in [9.17, 15) is 0 Å². The van der Waals surface area contributed by atoms with Gasteiger partial charge in [0.1, 0.15) is 6.10 Å². The lowest BCUT2D eigenvalue weighted by Crippen LogP contribution is -2.24. The van der Waals surface area contributed by atoms with Crippen molar-refractivity contribution in [1.29, 1.82) is 0 Å². The third-order valence-corrected chi connectivity index (χ3v) is 2.51. The van der Waals surface area contributed by atoms with E-state index in [2.05, 4.69) is 20.9 Å². The number of pyridine rings is 1. The number of ether oxygens (including phenoxy) is 1. The zero-order chi connectivity index (χ0) is 8.39. The number of halogens is 1. The van der Waals surface area contributed by atoms with Gasteiger partial charge in [-0.25, -0.2) is 4.98 Å².